The summed E-state index contributed by atoms with van der Waals surface area (Å²) < 4.78 is 46.7. The number of nitrogens with zero attached hydrogens (tertiary/aromatic N) is 1. The second-order valence-corrected chi connectivity index (χ2v) is 7.29. The summed E-state index contributed by atoms with van der Waals surface area (Å²) >= 11 is 0. The van der Waals surface area contributed by atoms with Gasteiger partial charge >= 0.3 is 6.18 Å². The minimum absolute atomic E-state index is 0.104. The van der Waals surface area contributed by atoms with Crippen LogP contribution < -0.4 is 15.0 Å². The smallest absolute Gasteiger partial charge is 0.418 e. The molecule has 0 bridgehead atoms. The van der Waals surface area contributed by atoms with Gasteiger partial charge in [0.1, 0.15) is 5.75 Å². The third-order valence-electron chi connectivity index (χ3n) is 5.82. The summed E-state index contributed by atoms with van der Waals surface area (Å²) in [5.41, 5.74) is 0.575. The molecule has 1 aromatic rings. The number of nitrogens with one attached hydrogen (secondary N) is 1. The third-order valence-corrected chi connectivity index (χ3v) is 5.82. The van der Waals surface area contributed by atoms with Gasteiger partial charge in [-0.1, -0.05) is 6.42 Å². The van der Waals surface area contributed by atoms with Gasteiger partial charge in [0.2, 0.25) is 0 Å². The van der Waals surface area contributed by atoms with Gasteiger partial charge in [0.05, 0.1) is 17.9 Å². The van der Waals surface area contributed by atoms with E-state index in [9.17, 15) is 13.2 Å². The van der Waals surface area contributed by atoms with Crippen molar-refractivity contribution in [3.63, 3.8) is 0 Å². The number of fused-ring (bicyclic) bond motifs is 3. The minimum atomic E-state index is -4.37. The van der Waals surface area contributed by atoms with Crippen molar-refractivity contribution < 1.29 is 17.9 Å². The number of likely N-dealkylation sites (N-methyl/N-ethyl adjacent to an activating group) is 1. The highest BCUT2D eigenvalue weighted by atomic mass is 19.4. The molecule has 0 radical (unpaired) electrons. The SMILES string of the molecule is CN1c2c(cc(OCC3CCC3)cc2C(F)(F)F)[C@H]2CNCC[C@H]21. The Morgan fingerprint density at radius 2 is 2.04 bits per heavy atom. The summed E-state index contributed by atoms with van der Waals surface area (Å²) in [6.45, 7) is 2.11. The maximum atomic E-state index is 13.7. The molecule has 1 aromatic carbocycles. The highest BCUT2D eigenvalue weighted by Crippen LogP contribution is 2.50. The van der Waals surface area contributed by atoms with Crippen molar-refractivity contribution in [2.24, 2.45) is 5.92 Å². The first-order chi connectivity index (χ1) is 11.4. The van der Waals surface area contributed by atoms with Crippen molar-refractivity contribution in [1.82, 2.24) is 5.32 Å². The lowest BCUT2D eigenvalue weighted by Crippen LogP contribution is -2.42. The van der Waals surface area contributed by atoms with E-state index >= 15 is 0 Å². The Kier molecular flexibility index (Phi) is 3.90. The van der Waals surface area contributed by atoms with Crippen molar-refractivity contribution in [1.29, 1.82) is 0 Å². The first kappa shape index (κ1) is 16.1. The summed E-state index contributed by atoms with van der Waals surface area (Å²) in [6.07, 6.45) is -0.0599. The highest BCUT2D eigenvalue weighted by molar-refractivity contribution is 5.69. The molecule has 0 spiro atoms. The van der Waals surface area contributed by atoms with Gasteiger partial charge in [-0.3, -0.25) is 0 Å². The van der Waals surface area contributed by atoms with Gasteiger partial charge < -0.3 is 15.0 Å². The largest absolute Gasteiger partial charge is 0.493 e. The van der Waals surface area contributed by atoms with Crippen LogP contribution in [0, 0.1) is 5.92 Å². The van der Waals surface area contributed by atoms with Gasteiger partial charge in [0.25, 0.3) is 0 Å². The number of hydrogen-bond donors (Lipinski definition) is 1. The van der Waals surface area contributed by atoms with E-state index in [1.807, 2.05) is 11.0 Å². The summed E-state index contributed by atoms with van der Waals surface area (Å²) in [5.74, 6) is 0.971. The van der Waals surface area contributed by atoms with E-state index in [-0.39, 0.29) is 12.0 Å². The molecule has 2 heterocycles. The summed E-state index contributed by atoms with van der Waals surface area (Å²) in [5, 5.41) is 3.32. The average molecular weight is 340 g/mol. The first-order valence-corrected chi connectivity index (χ1v) is 8.76. The fourth-order valence-electron chi connectivity index (χ4n) is 4.27. The normalized spacial score (nSPS) is 26.8. The number of halogens is 3. The fourth-order valence-corrected chi connectivity index (χ4v) is 4.27. The molecule has 24 heavy (non-hydrogen) atoms. The molecule has 1 N–H and O–H groups in total. The molecule has 2 aliphatic heterocycles. The lowest BCUT2D eigenvalue weighted by atomic mass is 9.86. The summed E-state index contributed by atoms with van der Waals surface area (Å²) in [7, 11) is 1.79. The first-order valence-electron chi connectivity index (χ1n) is 8.76. The van der Waals surface area contributed by atoms with Gasteiger partial charge in [-0.15, -0.1) is 0 Å². The Morgan fingerprint density at radius 1 is 1.25 bits per heavy atom. The molecule has 4 rings (SSSR count). The lowest BCUT2D eigenvalue weighted by Gasteiger charge is -2.31. The van der Waals surface area contributed by atoms with Crippen LogP contribution in [0.25, 0.3) is 0 Å². The van der Waals surface area contributed by atoms with E-state index in [1.54, 1.807) is 7.05 Å². The van der Waals surface area contributed by atoms with Crippen molar-refractivity contribution in [2.45, 2.75) is 43.8 Å². The van der Waals surface area contributed by atoms with Crippen LogP contribution in [0.2, 0.25) is 0 Å². The maximum absolute atomic E-state index is 13.7. The minimum Gasteiger partial charge on any atom is -0.493 e. The Hall–Kier alpha value is -1.43. The Bertz CT molecular complexity index is 627. The molecule has 3 nitrogen and oxygen atoms in total. The highest BCUT2D eigenvalue weighted by Gasteiger charge is 2.45. The predicted molar refractivity (Wildman–Crippen MR) is 86.7 cm³/mol. The zero-order chi connectivity index (χ0) is 16.9. The molecule has 132 valence electrons. The van der Waals surface area contributed by atoms with Gasteiger partial charge in [0, 0.05) is 25.6 Å². The zero-order valence-electron chi connectivity index (χ0n) is 13.8. The van der Waals surface area contributed by atoms with Crippen molar-refractivity contribution in [3.8, 4) is 5.75 Å². The van der Waals surface area contributed by atoms with Gasteiger partial charge in [-0.25, -0.2) is 0 Å². The third kappa shape index (κ3) is 2.65. The molecule has 1 saturated heterocycles. The molecule has 1 saturated carbocycles. The number of hydrogen-bond acceptors (Lipinski definition) is 3. The molecule has 6 heteroatoms. The van der Waals surface area contributed by atoms with Crippen LogP contribution in [0.5, 0.6) is 5.75 Å². The monoisotopic (exact) mass is 340 g/mol. The molecular formula is C18H23F3N2O. The fraction of sp³-hybridized carbons (Fsp3) is 0.667. The van der Waals surface area contributed by atoms with Crippen LogP contribution in [-0.4, -0.2) is 32.8 Å². The number of ether oxygens (including phenoxy) is 1. The van der Waals surface area contributed by atoms with Crippen LogP contribution in [0.3, 0.4) is 0 Å². The van der Waals surface area contributed by atoms with Crippen LogP contribution in [0.1, 0.15) is 42.7 Å². The standard InChI is InChI=1S/C18H23F3N2O/c1-23-16-5-6-22-9-14(16)13-7-12(24-10-11-3-2-4-11)8-15(17(13)23)18(19,20)21/h7-8,11,14,16,22H,2-6,9-10H2,1H3/t14-,16-/m1/s1. The number of benzene rings is 1. The Labute approximate surface area is 140 Å². The number of alkyl halides is 3. The van der Waals surface area contributed by atoms with E-state index in [0.717, 1.165) is 37.9 Å². The van der Waals surface area contributed by atoms with E-state index in [2.05, 4.69) is 5.32 Å². The molecule has 0 aromatic heterocycles. The molecule has 1 aliphatic carbocycles. The maximum Gasteiger partial charge on any atom is 0.418 e. The van der Waals surface area contributed by atoms with Crippen molar-refractivity contribution in [2.75, 3.05) is 31.6 Å². The zero-order valence-corrected chi connectivity index (χ0v) is 13.8. The Balaban J connectivity index is 1.71. The molecule has 2 atom stereocenters. The van der Waals surface area contributed by atoms with Gasteiger partial charge in [-0.05, 0) is 49.4 Å². The molecular weight excluding hydrogens is 317 g/mol. The van der Waals surface area contributed by atoms with E-state index in [1.165, 1.54) is 12.5 Å². The van der Waals surface area contributed by atoms with Crippen LogP contribution in [0.4, 0.5) is 18.9 Å². The van der Waals surface area contributed by atoms with Crippen LogP contribution in [-0.2, 0) is 6.18 Å². The Morgan fingerprint density at radius 3 is 2.71 bits per heavy atom. The van der Waals surface area contributed by atoms with E-state index in [4.69, 9.17) is 4.74 Å². The van der Waals surface area contributed by atoms with Gasteiger partial charge in [-0.2, -0.15) is 13.2 Å². The predicted octanol–water partition coefficient (Wildman–Crippen LogP) is 3.78. The lowest BCUT2D eigenvalue weighted by molar-refractivity contribution is -0.137. The van der Waals surface area contributed by atoms with E-state index in [0.29, 0.717) is 24.0 Å². The quantitative estimate of drug-likeness (QED) is 0.906. The number of rotatable bonds is 3. The summed E-state index contributed by atoms with van der Waals surface area (Å²) in [6, 6.07) is 3.18. The second kappa shape index (κ2) is 5.83. The number of piperidine rings is 1. The second-order valence-electron chi connectivity index (χ2n) is 7.29. The van der Waals surface area contributed by atoms with Gasteiger partial charge in [0.15, 0.2) is 0 Å². The van der Waals surface area contributed by atoms with Crippen molar-refractivity contribution >= 4 is 5.69 Å². The van der Waals surface area contributed by atoms with Crippen LogP contribution in [0.15, 0.2) is 12.1 Å². The molecule has 3 aliphatic rings. The molecule has 0 unspecified atom stereocenters. The van der Waals surface area contributed by atoms with Crippen molar-refractivity contribution in [3.05, 3.63) is 23.3 Å². The number of anilines is 1. The molecule has 0 amide bonds. The van der Waals surface area contributed by atoms with E-state index < -0.39 is 11.7 Å². The van der Waals surface area contributed by atoms with Crippen LogP contribution >= 0.6 is 0 Å². The average Bonchev–Trinajstić information content (AvgIpc) is 2.78. The summed E-state index contributed by atoms with van der Waals surface area (Å²) in [4.78, 5) is 1.83. The molecule has 2 fully saturated rings. The topological polar surface area (TPSA) is 24.5 Å².